The molecule has 0 atom stereocenters. The summed E-state index contributed by atoms with van der Waals surface area (Å²) < 4.78 is 0. The van der Waals surface area contributed by atoms with Crippen molar-refractivity contribution in [3.63, 3.8) is 0 Å². The van der Waals surface area contributed by atoms with Gasteiger partial charge < -0.3 is 0 Å². The highest BCUT2D eigenvalue weighted by Gasteiger charge is 2.26. The van der Waals surface area contributed by atoms with E-state index < -0.39 is 0 Å². The zero-order chi connectivity index (χ0) is 17.7. The summed E-state index contributed by atoms with van der Waals surface area (Å²) in [5.74, 6) is 0.0969. The van der Waals surface area contributed by atoms with Crippen LogP contribution >= 0.6 is 0 Å². The van der Waals surface area contributed by atoms with Crippen molar-refractivity contribution in [1.82, 2.24) is 0 Å². The molecule has 0 aromatic carbocycles. The van der Waals surface area contributed by atoms with Crippen LogP contribution in [0.2, 0.25) is 0 Å². The Hall–Kier alpha value is -1.89. The highest BCUT2D eigenvalue weighted by atomic mass is 16.1. The average Bonchev–Trinajstić information content (AvgIpc) is 3.30. The molecule has 0 saturated heterocycles. The van der Waals surface area contributed by atoms with E-state index in [0.717, 1.165) is 11.1 Å². The van der Waals surface area contributed by atoms with Gasteiger partial charge in [0.05, 0.1) is 0 Å². The molecule has 2 aliphatic rings. The number of carbonyl (C=O) groups is 1. The van der Waals surface area contributed by atoms with Gasteiger partial charge in [-0.1, -0.05) is 61.4 Å². The molecule has 24 heavy (non-hydrogen) atoms. The fourth-order valence-corrected chi connectivity index (χ4v) is 3.18. The van der Waals surface area contributed by atoms with Crippen LogP contribution in [0.5, 0.6) is 0 Å². The van der Waals surface area contributed by atoms with Gasteiger partial charge in [0, 0.05) is 13.4 Å². The van der Waals surface area contributed by atoms with E-state index in [1.54, 1.807) is 6.08 Å². The van der Waals surface area contributed by atoms with Crippen LogP contribution in [0.4, 0.5) is 0 Å². The first-order valence-electron chi connectivity index (χ1n) is 8.80. The Balaban J connectivity index is 0.00000312. The minimum Gasteiger partial charge on any atom is -0.290 e. The summed E-state index contributed by atoms with van der Waals surface area (Å²) in [6.45, 7) is 11.0. The monoisotopic (exact) mass is 323 g/mol. The molecule has 0 unspecified atom stereocenters. The lowest BCUT2D eigenvalue weighted by molar-refractivity contribution is -0.110. The van der Waals surface area contributed by atoms with E-state index in [0.29, 0.717) is 0 Å². The summed E-state index contributed by atoms with van der Waals surface area (Å²) in [6.07, 6.45) is 19.7. The Labute approximate surface area is 148 Å². The molecule has 0 N–H and O–H groups in total. The molecule has 0 aromatic heterocycles. The molecule has 0 heterocycles. The Bertz CT molecular complexity index is 694. The molecule has 0 fully saturated rings. The molecule has 0 spiro atoms. The molecule has 1 radical (unpaired) electrons. The summed E-state index contributed by atoms with van der Waals surface area (Å²) in [6, 6.07) is 0. The van der Waals surface area contributed by atoms with Crippen LogP contribution in [0.25, 0.3) is 0 Å². The second-order valence-corrected chi connectivity index (χ2v) is 7.58. The molecule has 0 amide bonds. The van der Waals surface area contributed by atoms with Gasteiger partial charge in [-0.15, -0.1) is 0 Å². The SMILES string of the molecule is CC1=C(/C=C/C(C)=C/C=C/C(C)=C/C(=O)C2=C[CH]2)C(C)(C)CCC1.[HH]. The van der Waals surface area contributed by atoms with E-state index in [1.165, 1.54) is 36.0 Å². The number of carbonyl (C=O) groups excluding carboxylic acids is 1. The van der Waals surface area contributed by atoms with Crippen molar-refractivity contribution in [3.8, 4) is 0 Å². The van der Waals surface area contributed by atoms with Gasteiger partial charge in [0.1, 0.15) is 0 Å². The molecule has 129 valence electrons. The fourth-order valence-electron chi connectivity index (χ4n) is 3.18. The van der Waals surface area contributed by atoms with Gasteiger partial charge in [-0.2, -0.15) is 0 Å². The van der Waals surface area contributed by atoms with Crippen LogP contribution in [0.1, 0.15) is 55.3 Å². The number of allylic oxidation sites excluding steroid dienone is 12. The molecule has 1 nitrogen and oxygen atoms in total. The molecule has 0 aromatic rings. The van der Waals surface area contributed by atoms with Gasteiger partial charge in [-0.25, -0.2) is 0 Å². The first-order chi connectivity index (χ1) is 11.3. The van der Waals surface area contributed by atoms with Crippen LogP contribution in [-0.4, -0.2) is 5.78 Å². The van der Waals surface area contributed by atoms with Gasteiger partial charge in [0.15, 0.2) is 5.78 Å². The second-order valence-electron chi connectivity index (χ2n) is 7.58. The maximum absolute atomic E-state index is 11.6. The summed E-state index contributed by atoms with van der Waals surface area (Å²) in [4.78, 5) is 11.6. The Kier molecular flexibility index (Phi) is 5.99. The van der Waals surface area contributed by atoms with Crippen LogP contribution in [0.3, 0.4) is 0 Å². The summed E-state index contributed by atoms with van der Waals surface area (Å²) in [5.41, 5.74) is 6.29. The van der Waals surface area contributed by atoms with Gasteiger partial charge in [0.2, 0.25) is 0 Å². The van der Waals surface area contributed by atoms with Gasteiger partial charge in [0.25, 0.3) is 0 Å². The van der Waals surface area contributed by atoms with Crippen molar-refractivity contribution in [1.29, 1.82) is 0 Å². The predicted octanol–water partition coefficient (Wildman–Crippen LogP) is 6.48. The summed E-state index contributed by atoms with van der Waals surface area (Å²) in [5, 5.41) is 0. The second kappa shape index (κ2) is 7.79. The third-order valence-corrected chi connectivity index (χ3v) is 4.75. The zero-order valence-electron chi connectivity index (χ0n) is 15.6. The Morgan fingerprint density at radius 3 is 2.54 bits per heavy atom. The molecule has 0 bridgehead atoms. The van der Waals surface area contributed by atoms with Crippen molar-refractivity contribution in [2.24, 2.45) is 5.41 Å². The van der Waals surface area contributed by atoms with Crippen molar-refractivity contribution in [2.75, 3.05) is 0 Å². The van der Waals surface area contributed by atoms with Crippen molar-refractivity contribution in [3.05, 3.63) is 76.8 Å². The smallest absolute Gasteiger partial charge is 0.182 e. The fraction of sp³-hybridized carbons (Fsp3) is 0.391. The van der Waals surface area contributed by atoms with Crippen molar-refractivity contribution >= 4 is 5.78 Å². The molecule has 2 aliphatic carbocycles. The maximum Gasteiger partial charge on any atom is 0.182 e. The molecule has 0 aliphatic heterocycles. The lowest BCUT2D eigenvalue weighted by Gasteiger charge is -2.32. The summed E-state index contributed by atoms with van der Waals surface area (Å²) in [7, 11) is 0. The Morgan fingerprint density at radius 2 is 1.92 bits per heavy atom. The van der Waals surface area contributed by atoms with Crippen molar-refractivity contribution in [2.45, 2.75) is 53.9 Å². The lowest BCUT2D eigenvalue weighted by atomic mass is 9.72. The van der Waals surface area contributed by atoms with E-state index in [-0.39, 0.29) is 12.6 Å². The highest BCUT2D eigenvalue weighted by Crippen LogP contribution is 2.40. The van der Waals surface area contributed by atoms with Crippen molar-refractivity contribution < 1.29 is 6.22 Å². The third kappa shape index (κ3) is 5.33. The van der Waals surface area contributed by atoms with Crippen LogP contribution < -0.4 is 0 Å². The topological polar surface area (TPSA) is 17.1 Å². The van der Waals surface area contributed by atoms with E-state index >= 15 is 0 Å². The lowest BCUT2D eigenvalue weighted by Crippen LogP contribution is -2.19. The molecule has 1 heteroatoms. The Morgan fingerprint density at radius 1 is 1.21 bits per heavy atom. The quantitative estimate of drug-likeness (QED) is 0.404. The number of hydrogen-bond donors (Lipinski definition) is 0. The molecular weight excluding hydrogens is 292 g/mol. The summed E-state index contributed by atoms with van der Waals surface area (Å²) >= 11 is 0. The van der Waals surface area contributed by atoms with Crippen LogP contribution in [0, 0.1) is 11.8 Å². The van der Waals surface area contributed by atoms with E-state index in [4.69, 9.17) is 0 Å². The average molecular weight is 324 g/mol. The van der Waals surface area contributed by atoms with Gasteiger partial charge in [-0.3, -0.25) is 4.79 Å². The maximum atomic E-state index is 11.6. The number of hydrogen-bond acceptors (Lipinski definition) is 1. The first-order valence-corrected chi connectivity index (χ1v) is 8.80. The molecule has 2 rings (SSSR count). The number of rotatable bonds is 6. The highest BCUT2D eigenvalue weighted by molar-refractivity contribution is 6.10. The molecular formula is C23H31O. The normalized spacial score (nSPS) is 21.6. The minimum absolute atomic E-state index is 0. The standard InChI is InChI=1S/C23H29O.H2/c1-17(8-6-9-18(2)16-22(24)20-12-13-20)11-14-21-19(3)10-7-15-23(21,4)5;/h6,8-9,11-14,16H,7,10,15H2,1-5H3;1H/b9-6+,14-11+,17-8+,18-16+;. The van der Waals surface area contributed by atoms with Crippen LogP contribution in [-0.2, 0) is 4.79 Å². The van der Waals surface area contributed by atoms with Crippen LogP contribution in [0.15, 0.2) is 70.4 Å². The third-order valence-electron chi connectivity index (χ3n) is 4.75. The zero-order valence-corrected chi connectivity index (χ0v) is 15.6. The van der Waals surface area contributed by atoms with E-state index in [1.807, 2.05) is 31.6 Å². The number of ketones is 1. The largest absolute Gasteiger partial charge is 0.290 e. The van der Waals surface area contributed by atoms with Gasteiger partial charge in [-0.05, 0) is 62.7 Å². The van der Waals surface area contributed by atoms with E-state index in [9.17, 15) is 4.79 Å². The predicted molar refractivity (Wildman–Crippen MR) is 106 cm³/mol. The van der Waals surface area contributed by atoms with Gasteiger partial charge >= 0.3 is 0 Å². The first kappa shape index (κ1) is 18.4. The molecule has 0 saturated carbocycles. The minimum atomic E-state index is 0. The van der Waals surface area contributed by atoms with E-state index in [2.05, 4.69) is 45.9 Å².